The van der Waals surface area contributed by atoms with Gasteiger partial charge in [-0.2, -0.15) is 15.4 Å². The molecule has 0 radical (unpaired) electrons. The summed E-state index contributed by atoms with van der Waals surface area (Å²) in [6.07, 6.45) is 1.03. The zero-order chi connectivity index (χ0) is 18.3. The van der Waals surface area contributed by atoms with Gasteiger partial charge in [-0.15, -0.1) is 0 Å². The topological polar surface area (TPSA) is 129 Å². The number of benzene rings is 1. The van der Waals surface area contributed by atoms with Crippen LogP contribution in [0.4, 0.5) is 0 Å². The number of carbonyl (C=O) groups excluding carboxylic acids is 2. The van der Waals surface area contributed by atoms with E-state index in [2.05, 4.69) is 15.4 Å². The molecule has 3 saturated heterocycles. The first-order valence-electron chi connectivity index (χ1n) is 8.24. The van der Waals surface area contributed by atoms with Crippen LogP contribution in [0.25, 0.3) is 11.0 Å². The number of H-pyrrole nitrogens is 1. The third kappa shape index (κ3) is 2.25. The van der Waals surface area contributed by atoms with Crippen molar-refractivity contribution in [1.29, 1.82) is 0 Å². The fourth-order valence-electron chi connectivity index (χ4n) is 4.17. The molecule has 0 bridgehead atoms. The zero-order valence-corrected chi connectivity index (χ0v) is 13.8. The highest BCUT2D eigenvalue weighted by Gasteiger charge is 2.62. The highest BCUT2D eigenvalue weighted by Crippen LogP contribution is 2.45. The second-order valence-corrected chi connectivity index (χ2v) is 6.34. The van der Waals surface area contributed by atoms with Gasteiger partial charge in [0.1, 0.15) is 11.0 Å². The Bertz CT molecular complexity index is 883. The molecule has 3 aliphatic heterocycles. The number of fused-ring (bicyclic) bond motifs is 1. The average molecular weight is 359 g/mol. The van der Waals surface area contributed by atoms with Crippen LogP contribution >= 0.6 is 0 Å². The summed E-state index contributed by atoms with van der Waals surface area (Å²) in [6, 6.07) is 5.06. The van der Waals surface area contributed by atoms with E-state index in [-0.39, 0.29) is 24.3 Å². The SMILES string of the molecule is O=C(c1ccc2n[nH]nc2c1)N1CC[C@@]23OCCN2C(=O)C[C@@H]13.O=CO. The number of ether oxygens (including phenoxy) is 1. The van der Waals surface area contributed by atoms with Gasteiger partial charge in [0.05, 0.1) is 19.1 Å². The van der Waals surface area contributed by atoms with Crippen molar-refractivity contribution in [3.05, 3.63) is 23.8 Å². The Morgan fingerprint density at radius 3 is 2.92 bits per heavy atom. The van der Waals surface area contributed by atoms with Crippen LogP contribution < -0.4 is 0 Å². The van der Waals surface area contributed by atoms with Crippen molar-refractivity contribution < 1.29 is 24.2 Å². The van der Waals surface area contributed by atoms with Gasteiger partial charge >= 0.3 is 0 Å². The monoisotopic (exact) mass is 359 g/mol. The Morgan fingerprint density at radius 1 is 1.35 bits per heavy atom. The van der Waals surface area contributed by atoms with Gasteiger partial charge in [0.25, 0.3) is 12.4 Å². The highest BCUT2D eigenvalue weighted by atomic mass is 16.5. The molecule has 3 aliphatic rings. The molecule has 0 aliphatic carbocycles. The molecule has 2 amide bonds. The molecule has 1 aromatic carbocycles. The average Bonchev–Trinajstić information content (AvgIpc) is 3.37. The van der Waals surface area contributed by atoms with Gasteiger partial charge in [-0.1, -0.05) is 0 Å². The maximum Gasteiger partial charge on any atom is 0.290 e. The van der Waals surface area contributed by atoms with Crippen molar-refractivity contribution in [2.24, 2.45) is 0 Å². The molecule has 10 nitrogen and oxygen atoms in total. The summed E-state index contributed by atoms with van der Waals surface area (Å²) < 4.78 is 5.92. The minimum atomic E-state index is -0.593. The first-order valence-corrected chi connectivity index (χ1v) is 8.24. The largest absolute Gasteiger partial charge is 0.483 e. The molecule has 26 heavy (non-hydrogen) atoms. The molecule has 136 valence electrons. The summed E-state index contributed by atoms with van der Waals surface area (Å²) in [4.78, 5) is 37.1. The van der Waals surface area contributed by atoms with E-state index < -0.39 is 5.72 Å². The summed E-state index contributed by atoms with van der Waals surface area (Å²) >= 11 is 0. The van der Waals surface area contributed by atoms with Gasteiger partial charge in [-0.05, 0) is 18.2 Å². The van der Waals surface area contributed by atoms with Crippen LogP contribution in [0.3, 0.4) is 0 Å². The number of likely N-dealkylation sites (tertiary alicyclic amines) is 1. The number of carbonyl (C=O) groups is 3. The number of carboxylic acid groups (broad SMARTS) is 1. The Labute approximate surface area is 147 Å². The number of hydrogen-bond acceptors (Lipinski definition) is 6. The molecular weight excluding hydrogens is 342 g/mol. The van der Waals surface area contributed by atoms with Crippen LogP contribution in [0.2, 0.25) is 0 Å². The molecule has 1 aromatic heterocycles. The molecule has 5 rings (SSSR count). The van der Waals surface area contributed by atoms with E-state index in [4.69, 9.17) is 14.6 Å². The van der Waals surface area contributed by atoms with E-state index in [9.17, 15) is 9.59 Å². The standard InChI is InChI=1S/C15H15N5O3.CH2O2/c21-13-8-12-15(20(13)5-6-23-15)3-4-19(12)14(22)9-1-2-10-11(7-9)17-18-16-10;2-1-3/h1-2,7,12H,3-6,8H2,(H,16,17,18);1H,(H,2,3)/t12-,15+;/m1./s1. The molecule has 1 spiro atoms. The molecular formula is C16H17N5O5. The second kappa shape index (κ2) is 6.06. The fraction of sp³-hybridized carbons (Fsp3) is 0.438. The zero-order valence-electron chi connectivity index (χ0n) is 13.8. The number of nitrogens with zero attached hydrogens (tertiary/aromatic N) is 4. The number of amides is 2. The molecule has 2 aromatic rings. The van der Waals surface area contributed by atoms with Crippen LogP contribution in [0.5, 0.6) is 0 Å². The Kier molecular flexibility index (Phi) is 3.83. The Morgan fingerprint density at radius 2 is 2.12 bits per heavy atom. The molecule has 10 heteroatoms. The molecule has 0 unspecified atom stereocenters. The molecule has 2 atom stereocenters. The predicted molar refractivity (Wildman–Crippen MR) is 87.0 cm³/mol. The van der Waals surface area contributed by atoms with Gasteiger partial charge < -0.3 is 19.6 Å². The molecule has 3 fully saturated rings. The van der Waals surface area contributed by atoms with Crippen molar-refractivity contribution in [3.63, 3.8) is 0 Å². The van der Waals surface area contributed by atoms with Crippen LogP contribution in [-0.4, -0.2) is 80.1 Å². The van der Waals surface area contributed by atoms with Crippen molar-refractivity contribution in [2.45, 2.75) is 24.6 Å². The minimum absolute atomic E-state index is 0.0805. The summed E-state index contributed by atoms with van der Waals surface area (Å²) in [5.74, 6) is -0.00104. The number of hydrogen-bond donors (Lipinski definition) is 2. The van der Waals surface area contributed by atoms with Crippen molar-refractivity contribution in [2.75, 3.05) is 19.7 Å². The quantitative estimate of drug-likeness (QED) is 0.677. The fourth-order valence-corrected chi connectivity index (χ4v) is 4.17. The van der Waals surface area contributed by atoms with Gasteiger partial charge in [-0.3, -0.25) is 14.4 Å². The molecule has 0 saturated carbocycles. The Hall–Kier alpha value is -3.01. The van der Waals surface area contributed by atoms with E-state index in [1.807, 2.05) is 4.90 Å². The van der Waals surface area contributed by atoms with Crippen LogP contribution in [0, 0.1) is 0 Å². The summed E-state index contributed by atoms with van der Waals surface area (Å²) in [5.41, 5.74) is 1.35. The van der Waals surface area contributed by atoms with Gasteiger partial charge in [0.15, 0.2) is 5.72 Å². The third-order valence-electron chi connectivity index (χ3n) is 5.22. The highest BCUT2D eigenvalue weighted by molar-refractivity contribution is 5.98. The van der Waals surface area contributed by atoms with Crippen LogP contribution in [0.1, 0.15) is 23.2 Å². The maximum atomic E-state index is 12.9. The number of nitrogens with one attached hydrogen (secondary N) is 1. The van der Waals surface area contributed by atoms with E-state index >= 15 is 0 Å². The van der Waals surface area contributed by atoms with Gasteiger partial charge in [-0.25, -0.2) is 0 Å². The Balaban J connectivity index is 0.000000527. The number of aromatic nitrogens is 3. The normalized spacial score (nSPS) is 26.5. The first kappa shape index (κ1) is 16.5. The third-order valence-corrected chi connectivity index (χ3v) is 5.22. The molecule has 4 heterocycles. The lowest BCUT2D eigenvalue weighted by Crippen LogP contribution is -2.48. The number of rotatable bonds is 1. The lowest BCUT2D eigenvalue weighted by Gasteiger charge is -2.31. The van der Waals surface area contributed by atoms with Crippen molar-refractivity contribution in [3.8, 4) is 0 Å². The smallest absolute Gasteiger partial charge is 0.290 e. The predicted octanol–water partition coefficient (Wildman–Crippen LogP) is -0.168. The maximum absolute atomic E-state index is 12.9. The molecule has 2 N–H and O–H groups in total. The summed E-state index contributed by atoms with van der Waals surface area (Å²) in [6.45, 7) is 1.53. The minimum Gasteiger partial charge on any atom is -0.483 e. The van der Waals surface area contributed by atoms with E-state index in [1.165, 1.54) is 0 Å². The van der Waals surface area contributed by atoms with Crippen molar-refractivity contribution in [1.82, 2.24) is 25.2 Å². The summed E-state index contributed by atoms with van der Waals surface area (Å²) in [5, 5.41) is 17.5. The van der Waals surface area contributed by atoms with Crippen LogP contribution in [0.15, 0.2) is 18.2 Å². The van der Waals surface area contributed by atoms with Crippen LogP contribution in [-0.2, 0) is 14.3 Å². The van der Waals surface area contributed by atoms with E-state index in [1.54, 1.807) is 23.1 Å². The lowest BCUT2D eigenvalue weighted by molar-refractivity contribution is -0.136. The first-order chi connectivity index (χ1) is 12.6. The second-order valence-electron chi connectivity index (χ2n) is 6.34. The lowest BCUT2D eigenvalue weighted by atomic mass is 10.1. The van der Waals surface area contributed by atoms with Crippen molar-refractivity contribution >= 4 is 29.3 Å². The van der Waals surface area contributed by atoms with Gasteiger partial charge in [0, 0.05) is 25.1 Å². The summed E-state index contributed by atoms with van der Waals surface area (Å²) in [7, 11) is 0. The number of aromatic amines is 1. The van der Waals surface area contributed by atoms with Gasteiger partial charge in [0.2, 0.25) is 5.91 Å². The van der Waals surface area contributed by atoms with E-state index in [0.29, 0.717) is 43.6 Å². The van der Waals surface area contributed by atoms with E-state index in [0.717, 1.165) is 5.52 Å².